The molecule has 4 N–H and O–H groups in total. The number of nitrogen functional groups attached to an aromatic ring is 1. The fourth-order valence-electron chi connectivity index (χ4n) is 1.45. The lowest BCUT2D eigenvalue weighted by molar-refractivity contribution is -0.117. The number of carbonyl (C=O) groups is 2. The van der Waals surface area contributed by atoms with Crippen molar-refractivity contribution in [1.29, 1.82) is 0 Å². The molecule has 0 fully saturated rings. The number of hydrogen-bond donors (Lipinski definition) is 3. The van der Waals surface area contributed by atoms with Gasteiger partial charge in [-0.1, -0.05) is 13.2 Å². The molecule has 1 rings (SSSR count). The topological polar surface area (TPSA) is 123 Å². The highest BCUT2D eigenvalue weighted by atomic mass is 16.2. The van der Waals surface area contributed by atoms with E-state index in [1.165, 1.54) is 12.2 Å². The molecule has 0 aliphatic carbocycles. The maximum Gasteiger partial charge on any atom is 0.243 e. The Kier molecular flexibility index (Phi) is 6.52. The van der Waals surface area contributed by atoms with Gasteiger partial charge >= 0.3 is 0 Å². The lowest BCUT2D eigenvalue weighted by Crippen LogP contribution is -2.25. The Balaban J connectivity index is 2.54. The van der Waals surface area contributed by atoms with Gasteiger partial charge in [-0.25, -0.2) is 4.98 Å². The molecule has 1 aromatic rings. The number of aromatic nitrogens is 3. The van der Waals surface area contributed by atoms with Gasteiger partial charge in [0.2, 0.25) is 17.8 Å². The zero-order valence-electron chi connectivity index (χ0n) is 11.6. The van der Waals surface area contributed by atoms with Crippen molar-refractivity contribution in [2.45, 2.75) is 12.8 Å². The van der Waals surface area contributed by atoms with E-state index in [1.54, 1.807) is 0 Å². The van der Waals surface area contributed by atoms with Gasteiger partial charge < -0.3 is 16.4 Å². The van der Waals surface area contributed by atoms with Gasteiger partial charge in [0.25, 0.3) is 0 Å². The predicted molar refractivity (Wildman–Crippen MR) is 78.1 cm³/mol. The normalized spacial score (nSPS) is 9.71. The van der Waals surface area contributed by atoms with Crippen molar-refractivity contribution in [1.82, 2.24) is 25.6 Å². The molecule has 0 atom stereocenters. The third kappa shape index (κ3) is 6.28. The Hall–Kier alpha value is -2.77. The third-order valence-corrected chi connectivity index (χ3v) is 2.41. The minimum atomic E-state index is -0.260. The average Bonchev–Trinajstić information content (AvgIpc) is 2.46. The van der Waals surface area contributed by atoms with E-state index in [4.69, 9.17) is 5.73 Å². The molecule has 0 spiro atoms. The monoisotopic (exact) mass is 290 g/mol. The molecule has 0 saturated carbocycles. The van der Waals surface area contributed by atoms with Crippen LogP contribution in [0.15, 0.2) is 25.3 Å². The minimum absolute atomic E-state index is 0.111. The second-order valence-electron chi connectivity index (χ2n) is 4.02. The molecule has 0 saturated heterocycles. The Bertz CT molecular complexity index is 499. The van der Waals surface area contributed by atoms with Crippen LogP contribution in [0.4, 0.5) is 5.95 Å². The van der Waals surface area contributed by atoms with Gasteiger partial charge in [-0.3, -0.25) is 9.59 Å². The highest BCUT2D eigenvalue weighted by Crippen LogP contribution is 1.99. The van der Waals surface area contributed by atoms with Gasteiger partial charge in [-0.05, 0) is 12.2 Å². The van der Waals surface area contributed by atoms with Crippen LogP contribution in [0, 0.1) is 0 Å². The number of hydrogen-bond acceptors (Lipinski definition) is 6. The smallest absolute Gasteiger partial charge is 0.243 e. The average molecular weight is 290 g/mol. The Labute approximate surface area is 122 Å². The number of nitrogens with zero attached hydrogens (tertiary/aromatic N) is 3. The summed E-state index contributed by atoms with van der Waals surface area (Å²) in [5, 5.41) is 5.24. The molecule has 0 aromatic carbocycles. The number of nitrogens with one attached hydrogen (secondary N) is 2. The Morgan fingerprint density at radius 3 is 1.76 bits per heavy atom. The van der Waals surface area contributed by atoms with Crippen molar-refractivity contribution in [3.8, 4) is 0 Å². The van der Waals surface area contributed by atoms with Crippen molar-refractivity contribution >= 4 is 17.8 Å². The SMILES string of the molecule is C=CC(=O)NCCc1nc(N)nc(CCNC(=O)C=C)n1. The van der Waals surface area contributed by atoms with E-state index in [0.29, 0.717) is 37.6 Å². The van der Waals surface area contributed by atoms with Gasteiger partial charge in [0, 0.05) is 25.9 Å². The van der Waals surface area contributed by atoms with Crippen LogP contribution in [0.5, 0.6) is 0 Å². The second-order valence-corrected chi connectivity index (χ2v) is 4.02. The third-order valence-electron chi connectivity index (χ3n) is 2.41. The van der Waals surface area contributed by atoms with Crippen LogP contribution in [0.2, 0.25) is 0 Å². The van der Waals surface area contributed by atoms with Crippen molar-refractivity contribution in [3.05, 3.63) is 37.0 Å². The molecule has 0 bridgehead atoms. The quantitative estimate of drug-likeness (QED) is 0.536. The molecular formula is C13H18N6O2. The first-order valence-electron chi connectivity index (χ1n) is 6.35. The fraction of sp³-hybridized carbons (Fsp3) is 0.308. The van der Waals surface area contributed by atoms with E-state index in [-0.39, 0.29) is 17.8 Å². The molecule has 2 amide bonds. The summed E-state index contributed by atoms with van der Waals surface area (Å²) >= 11 is 0. The van der Waals surface area contributed by atoms with E-state index in [2.05, 4.69) is 38.7 Å². The molecule has 0 aliphatic rings. The lowest BCUT2D eigenvalue weighted by atomic mass is 10.3. The molecule has 8 heteroatoms. The summed E-state index contributed by atoms with van der Waals surface area (Å²) in [6.45, 7) is 7.46. The maximum absolute atomic E-state index is 11.0. The highest BCUT2D eigenvalue weighted by molar-refractivity contribution is 5.87. The number of anilines is 1. The number of nitrogens with two attached hydrogens (primary N) is 1. The first-order chi connectivity index (χ1) is 10.0. The number of amides is 2. The van der Waals surface area contributed by atoms with Crippen molar-refractivity contribution in [3.63, 3.8) is 0 Å². The van der Waals surface area contributed by atoms with E-state index < -0.39 is 0 Å². The molecule has 0 unspecified atom stereocenters. The van der Waals surface area contributed by atoms with Crippen molar-refractivity contribution < 1.29 is 9.59 Å². The van der Waals surface area contributed by atoms with E-state index in [9.17, 15) is 9.59 Å². The minimum Gasteiger partial charge on any atom is -0.368 e. The number of rotatable bonds is 8. The van der Waals surface area contributed by atoms with Crippen LogP contribution >= 0.6 is 0 Å². The summed E-state index contributed by atoms with van der Waals surface area (Å²) in [5.74, 6) is 0.558. The molecule has 1 aromatic heterocycles. The zero-order valence-corrected chi connectivity index (χ0v) is 11.6. The van der Waals surface area contributed by atoms with E-state index in [0.717, 1.165) is 0 Å². The first-order valence-corrected chi connectivity index (χ1v) is 6.35. The van der Waals surface area contributed by atoms with Crippen LogP contribution in [0.25, 0.3) is 0 Å². The Morgan fingerprint density at radius 1 is 0.952 bits per heavy atom. The summed E-state index contributed by atoms with van der Waals surface area (Å²) in [6.07, 6.45) is 3.24. The Morgan fingerprint density at radius 2 is 1.38 bits per heavy atom. The van der Waals surface area contributed by atoms with Gasteiger partial charge in [0.15, 0.2) is 0 Å². The van der Waals surface area contributed by atoms with Crippen LogP contribution in [0.1, 0.15) is 11.6 Å². The van der Waals surface area contributed by atoms with Crippen LogP contribution in [0.3, 0.4) is 0 Å². The molecule has 21 heavy (non-hydrogen) atoms. The highest BCUT2D eigenvalue weighted by Gasteiger charge is 2.05. The van der Waals surface area contributed by atoms with Crippen molar-refractivity contribution in [2.75, 3.05) is 18.8 Å². The fourth-order valence-corrected chi connectivity index (χ4v) is 1.45. The molecule has 1 heterocycles. The molecule has 0 aliphatic heterocycles. The molecule has 0 radical (unpaired) electrons. The lowest BCUT2D eigenvalue weighted by Gasteiger charge is -2.06. The van der Waals surface area contributed by atoms with Gasteiger partial charge in [-0.2, -0.15) is 9.97 Å². The predicted octanol–water partition coefficient (Wildman–Crippen LogP) is -0.857. The molecule has 8 nitrogen and oxygen atoms in total. The van der Waals surface area contributed by atoms with Gasteiger partial charge in [0.1, 0.15) is 11.6 Å². The molecular weight excluding hydrogens is 272 g/mol. The first kappa shape index (κ1) is 16.3. The number of carbonyl (C=O) groups excluding carboxylic acids is 2. The summed E-state index contributed by atoms with van der Waals surface area (Å²) < 4.78 is 0. The van der Waals surface area contributed by atoms with Gasteiger partial charge in [0.05, 0.1) is 0 Å². The second kappa shape index (κ2) is 8.41. The standard InChI is InChI=1S/C13H18N6O2/c1-3-11(20)15-7-5-9-17-10(19-13(14)18-9)6-8-16-12(21)4-2/h3-4H,1-2,5-8H2,(H,15,20)(H,16,21)(H2,14,17,18,19). The summed E-state index contributed by atoms with van der Waals surface area (Å²) in [4.78, 5) is 34.2. The largest absolute Gasteiger partial charge is 0.368 e. The van der Waals surface area contributed by atoms with E-state index >= 15 is 0 Å². The maximum atomic E-state index is 11.0. The van der Waals surface area contributed by atoms with Gasteiger partial charge in [-0.15, -0.1) is 0 Å². The summed E-state index contributed by atoms with van der Waals surface area (Å²) in [7, 11) is 0. The molecule has 112 valence electrons. The van der Waals surface area contributed by atoms with E-state index in [1.807, 2.05) is 0 Å². The van der Waals surface area contributed by atoms with Crippen molar-refractivity contribution in [2.24, 2.45) is 0 Å². The van der Waals surface area contributed by atoms with Crippen LogP contribution < -0.4 is 16.4 Å². The van der Waals surface area contributed by atoms with Crippen LogP contribution in [-0.4, -0.2) is 39.9 Å². The zero-order chi connectivity index (χ0) is 15.7. The van der Waals surface area contributed by atoms with Crippen LogP contribution in [-0.2, 0) is 22.4 Å². The summed E-state index contributed by atoms with van der Waals surface area (Å²) in [6, 6.07) is 0. The summed E-state index contributed by atoms with van der Waals surface area (Å²) in [5.41, 5.74) is 5.61.